The minimum Gasteiger partial charge on any atom is -0.444 e. The Morgan fingerprint density at radius 2 is 1.93 bits per heavy atom. The predicted molar refractivity (Wildman–Crippen MR) is 110 cm³/mol. The molecule has 2 aromatic heterocycles. The third-order valence-corrected chi connectivity index (χ3v) is 5.30. The van der Waals surface area contributed by atoms with Crippen LogP contribution >= 0.6 is 11.3 Å². The molecule has 0 unspecified atom stereocenters. The third-order valence-electron chi connectivity index (χ3n) is 4.54. The summed E-state index contributed by atoms with van der Waals surface area (Å²) in [4.78, 5) is 47.1. The highest BCUT2D eigenvalue weighted by molar-refractivity contribution is 7.15. The molecule has 1 aliphatic rings. The molecule has 1 saturated heterocycles. The summed E-state index contributed by atoms with van der Waals surface area (Å²) in [6.45, 7) is 8.45. The summed E-state index contributed by atoms with van der Waals surface area (Å²) < 4.78 is 6.81. The van der Waals surface area contributed by atoms with Gasteiger partial charge in [-0.3, -0.25) is 18.9 Å². The van der Waals surface area contributed by atoms with E-state index in [1.54, 1.807) is 45.0 Å². The molecule has 0 spiro atoms. The molecule has 3 heterocycles. The highest BCUT2D eigenvalue weighted by atomic mass is 32.1. The van der Waals surface area contributed by atoms with Crippen molar-refractivity contribution in [3.63, 3.8) is 0 Å². The van der Waals surface area contributed by atoms with E-state index in [0.717, 1.165) is 5.69 Å². The van der Waals surface area contributed by atoms with Crippen molar-refractivity contribution in [1.29, 1.82) is 0 Å². The van der Waals surface area contributed by atoms with Crippen molar-refractivity contribution in [2.75, 3.05) is 39.8 Å². The van der Waals surface area contributed by atoms with E-state index >= 15 is 0 Å². The molecule has 0 saturated carbocycles. The molecule has 3 rings (SSSR count). The maximum absolute atomic E-state index is 12.5. The summed E-state index contributed by atoms with van der Waals surface area (Å²) in [6, 6.07) is 1.56. The SMILES string of the molecule is CN(CC(=O)N1CCN(Cc2cc(=O)n3ccsc3n2)CC1)C(=O)OC(C)(C)C. The number of piperazine rings is 1. The van der Waals surface area contributed by atoms with Crippen LogP contribution in [0.4, 0.5) is 4.79 Å². The van der Waals surface area contributed by atoms with Gasteiger partial charge in [-0.2, -0.15) is 0 Å². The number of rotatable bonds is 4. The quantitative estimate of drug-likeness (QED) is 0.739. The first-order valence-corrected chi connectivity index (χ1v) is 10.4. The summed E-state index contributed by atoms with van der Waals surface area (Å²) in [5.74, 6) is -0.102. The van der Waals surface area contributed by atoms with E-state index in [4.69, 9.17) is 4.74 Å². The van der Waals surface area contributed by atoms with Crippen LogP contribution in [-0.4, -0.2) is 81.5 Å². The number of ether oxygens (including phenoxy) is 1. The summed E-state index contributed by atoms with van der Waals surface area (Å²) >= 11 is 1.43. The van der Waals surface area contributed by atoms with Crippen molar-refractivity contribution in [2.24, 2.45) is 0 Å². The molecule has 158 valence electrons. The number of carbonyl (C=O) groups is 2. The summed E-state index contributed by atoms with van der Waals surface area (Å²) in [5, 5.41) is 1.84. The van der Waals surface area contributed by atoms with Crippen LogP contribution in [0.5, 0.6) is 0 Å². The number of aromatic nitrogens is 2. The standard InChI is InChI=1S/C19H27N5O4S/c1-19(2,3)28-18(27)21(4)13-16(26)23-7-5-22(6-8-23)12-14-11-15(25)24-9-10-29-17(24)20-14/h9-11H,5-8,12-13H2,1-4H3. The van der Waals surface area contributed by atoms with Crippen LogP contribution in [-0.2, 0) is 16.1 Å². The second-order valence-corrected chi connectivity index (χ2v) is 9.01. The van der Waals surface area contributed by atoms with Gasteiger partial charge in [0.2, 0.25) is 5.91 Å². The molecule has 2 aromatic rings. The fourth-order valence-corrected chi connectivity index (χ4v) is 3.80. The van der Waals surface area contributed by atoms with E-state index in [1.165, 1.54) is 20.6 Å². The largest absolute Gasteiger partial charge is 0.444 e. The predicted octanol–water partition coefficient (Wildman–Crippen LogP) is 1.27. The van der Waals surface area contributed by atoms with Gasteiger partial charge in [0.05, 0.1) is 5.69 Å². The second-order valence-electron chi connectivity index (χ2n) is 8.13. The zero-order valence-electron chi connectivity index (χ0n) is 17.3. The first kappa shape index (κ1) is 21.3. The summed E-state index contributed by atoms with van der Waals surface area (Å²) in [5.41, 5.74) is 0.0648. The molecule has 0 aliphatic carbocycles. The first-order chi connectivity index (χ1) is 13.6. The maximum atomic E-state index is 12.5. The van der Waals surface area contributed by atoms with E-state index in [9.17, 15) is 14.4 Å². The van der Waals surface area contributed by atoms with E-state index in [-0.39, 0.29) is 18.0 Å². The lowest BCUT2D eigenvalue weighted by Gasteiger charge is -2.35. The van der Waals surface area contributed by atoms with Gasteiger partial charge in [0, 0.05) is 57.4 Å². The minimum absolute atomic E-state index is 0.0116. The van der Waals surface area contributed by atoms with E-state index < -0.39 is 11.7 Å². The van der Waals surface area contributed by atoms with E-state index in [1.807, 2.05) is 5.38 Å². The van der Waals surface area contributed by atoms with Crippen molar-refractivity contribution >= 4 is 28.3 Å². The van der Waals surface area contributed by atoms with Gasteiger partial charge in [0.25, 0.3) is 5.56 Å². The number of hydrogen-bond acceptors (Lipinski definition) is 7. The smallest absolute Gasteiger partial charge is 0.410 e. The molecule has 0 N–H and O–H groups in total. The number of likely N-dealkylation sites (N-methyl/N-ethyl adjacent to an activating group) is 1. The molecule has 0 atom stereocenters. The second kappa shape index (κ2) is 8.50. The van der Waals surface area contributed by atoms with Gasteiger partial charge in [-0.05, 0) is 20.8 Å². The van der Waals surface area contributed by atoms with Crippen LogP contribution in [0.1, 0.15) is 26.5 Å². The average Bonchev–Trinajstić information content (AvgIpc) is 3.10. The zero-order chi connectivity index (χ0) is 21.2. The number of carbonyl (C=O) groups excluding carboxylic acids is 2. The van der Waals surface area contributed by atoms with Crippen molar-refractivity contribution in [3.05, 3.63) is 33.7 Å². The Kier molecular flexibility index (Phi) is 6.23. The highest BCUT2D eigenvalue weighted by Crippen LogP contribution is 2.12. The molecular formula is C19H27N5O4S. The number of fused-ring (bicyclic) bond motifs is 1. The zero-order valence-corrected chi connectivity index (χ0v) is 18.1. The minimum atomic E-state index is -0.595. The van der Waals surface area contributed by atoms with Gasteiger partial charge >= 0.3 is 6.09 Å². The van der Waals surface area contributed by atoms with Gasteiger partial charge in [-0.15, -0.1) is 11.3 Å². The molecule has 1 fully saturated rings. The molecule has 0 radical (unpaired) electrons. The Morgan fingerprint density at radius 1 is 1.24 bits per heavy atom. The van der Waals surface area contributed by atoms with E-state index in [0.29, 0.717) is 37.7 Å². The van der Waals surface area contributed by atoms with Gasteiger partial charge in [-0.1, -0.05) is 0 Å². The number of amides is 2. The number of nitrogens with zero attached hydrogens (tertiary/aromatic N) is 5. The van der Waals surface area contributed by atoms with Crippen LogP contribution < -0.4 is 5.56 Å². The summed E-state index contributed by atoms with van der Waals surface area (Å²) in [7, 11) is 1.56. The van der Waals surface area contributed by atoms with Gasteiger partial charge < -0.3 is 14.5 Å². The number of thiazole rings is 1. The van der Waals surface area contributed by atoms with Gasteiger partial charge in [0.15, 0.2) is 4.96 Å². The number of hydrogen-bond donors (Lipinski definition) is 0. The monoisotopic (exact) mass is 421 g/mol. The molecular weight excluding hydrogens is 394 g/mol. The Hall–Kier alpha value is -2.46. The fourth-order valence-electron chi connectivity index (χ4n) is 3.06. The molecule has 9 nitrogen and oxygen atoms in total. The molecule has 0 bridgehead atoms. The van der Waals surface area contributed by atoms with E-state index in [2.05, 4.69) is 9.88 Å². The van der Waals surface area contributed by atoms with Gasteiger partial charge in [0.1, 0.15) is 12.1 Å². The fraction of sp³-hybridized carbons (Fsp3) is 0.579. The Morgan fingerprint density at radius 3 is 2.59 bits per heavy atom. The maximum Gasteiger partial charge on any atom is 0.410 e. The van der Waals surface area contributed by atoms with Crippen LogP contribution in [0.25, 0.3) is 4.96 Å². The molecule has 1 aliphatic heterocycles. The van der Waals surface area contributed by atoms with Crippen molar-refractivity contribution in [2.45, 2.75) is 32.9 Å². The van der Waals surface area contributed by atoms with Crippen LogP contribution in [0.3, 0.4) is 0 Å². The Bertz CT molecular complexity index is 940. The highest BCUT2D eigenvalue weighted by Gasteiger charge is 2.25. The Balaban J connectivity index is 1.50. The van der Waals surface area contributed by atoms with Crippen molar-refractivity contribution < 1.29 is 14.3 Å². The van der Waals surface area contributed by atoms with Crippen LogP contribution in [0.15, 0.2) is 22.4 Å². The van der Waals surface area contributed by atoms with Crippen LogP contribution in [0.2, 0.25) is 0 Å². The van der Waals surface area contributed by atoms with Crippen molar-refractivity contribution in [1.82, 2.24) is 24.1 Å². The topological polar surface area (TPSA) is 87.5 Å². The lowest BCUT2D eigenvalue weighted by atomic mass is 10.2. The van der Waals surface area contributed by atoms with Crippen molar-refractivity contribution in [3.8, 4) is 0 Å². The van der Waals surface area contributed by atoms with Gasteiger partial charge in [-0.25, -0.2) is 9.78 Å². The molecule has 29 heavy (non-hydrogen) atoms. The van der Waals surface area contributed by atoms with Crippen LogP contribution in [0, 0.1) is 0 Å². The molecule has 2 amide bonds. The molecule has 0 aromatic carbocycles. The first-order valence-electron chi connectivity index (χ1n) is 9.52. The molecule has 10 heteroatoms. The average molecular weight is 422 g/mol. The third kappa shape index (κ3) is 5.54. The lowest BCUT2D eigenvalue weighted by molar-refractivity contribution is -0.133. The lowest BCUT2D eigenvalue weighted by Crippen LogP contribution is -2.51. The Labute approximate surface area is 173 Å². The summed E-state index contributed by atoms with van der Waals surface area (Å²) in [6.07, 6.45) is 1.21. The normalized spacial score (nSPS) is 15.5.